The Hall–Kier alpha value is -3.60. The topological polar surface area (TPSA) is 114 Å². The number of nitrogens with two attached hydrogens (primary N) is 1. The number of benzene rings is 2. The number of nitrogens with zero attached hydrogens (tertiary/aromatic N) is 3. The number of amides is 2. The van der Waals surface area contributed by atoms with Gasteiger partial charge in [0.15, 0.2) is 0 Å². The van der Waals surface area contributed by atoms with E-state index in [9.17, 15) is 18.0 Å². The van der Waals surface area contributed by atoms with Crippen molar-refractivity contribution in [1.82, 2.24) is 9.80 Å². The third kappa shape index (κ3) is 7.69. The third-order valence-electron chi connectivity index (χ3n) is 6.44. The molecule has 4 rings (SSSR count). The number of carbonyl (C=O) groups excluding carboxylic acids is 1. The number of carboxylic acid groups (broad SMARTS) is 1. The molecule has 0 saturated carbocycles. The van der Waals surface area contributed by atoms with Crippen molar-refractivity contribution in [3.05, 3.63) is 65.7 Å². The van der Waals surface area contributed by atoms with Crippen LogP contribution in [0.4, 0.5) is 23.7 Å². The SMILES string of the molecule is CC1CN(c2cccc(C(=N)N)c2)C(=O)N(C2CCN(Cc3ccccc3)CC2)C1.O=C(O)C(F)(F)F. The average Bonchev–Trinajstić information content (AvgIpc) is 2.86. The van der Waals surface area contributed by atoms with E-state index in [0.29, 0.717) is 18.0 Å². The van der Waals surface area contributed by atoms with Gasteiger partial charge in [0, 0.05) is 50.0 Å². The van der Waals surface area contributed by atoms with Gasteiger partial charge in [0.2, 0.25) is 0 Å². The minimum atomic E-state index is -5.08. The second kappa shape index (κ2) is 12.1. The molecule has 1 unspecified atom stereocenters. The molecule has 2 aromatic rings. The van der Waals surface area contributed by atoms with E-state index in [4.69, 9.17) is 21.0 Å². The molecule has 2 saturated heterocycles. The first-order valence-electron chi connectivity index (χ1n) is 12.0. The number of nitrogen functional groups attached to an aromatic ring is 1. The Bertz CT molecular complexity index is 1090. The van der Waals surface area contributed by atoms with E-state index in [0.717, 1.165) is 44.7 Å². The number of hydrogen-bond acceptors (Lipinski definition) is 4. The summed E-state index contributed by atoms with van der Waals surface area (Å²) in [7, 11) is 0. The molecule has 0 bridgehead atoms. The van der Waals surface area contributed by atoms with Crippen molar-refractivity contribution >= 4 is 23.5 Å². The molecule has 11 heteroatoms. The van der Waals surface area contributed by atoms with Gasteiger partial charge in [0.05, 0.1) is 0 Å². The summed E-state index contributed by atoms with van der Waals surface area (Å²) in [6.07, 6.45) is -3.07. The Balaban J connectivity index is 0.000000479. The summed E-state index contributed by atoms with van der Waals surface area (Å²) in [6, 6.07) is 18.4. The van der Waals surface area contributed by atoms with E-state index >= 15 is 0 Å². The highest BCUT2D eigenvalue weighted by molar-refractivity contribution is 5.98. The van der Waals surface area contributed by atoms with E-state index in [2.05, 4.69) is 47.1 Å². The van der Waals surface area contributed by atoms with Crippen LogP contribution in [0.1, 0.15) is 30.9 Å². The van der Waals surface area contributed by atoms with Gasteiger partial charge in [0.1, 0.15) is 5.84 Å². The van der Waals surface area contributed by atoms with E-state index in [1.807, 2.05) is 29.2 Å². The predicted molar refractivity (Wildman–Crippen MR) is 135 cm³/mol. The van der Waals surface area contributed by atoms with Crippen LogP contribution < -0.4 is 10.6 Å². The number of likely N-dealkylation sites (tertiary alicyclic amines) is 1. The Morgan fingerprint density at radius 1 is 1.08 bits per heavy atom. The smallest absolute Gasteiger partial charge is 0.475 e. The van der Waals surface area contributed by atoms with Crippen LogP contribution in [0.3, 0.4) is 0 Å². The lowest BCUT2D eigenvalue weighted by Gasteiger charge is -2.45. The number of carboxylic acids is 1. The van der Waals surface area contributed by atoms with Crippen LogP contribution in [-0.2, 0) is 11.3 Å². The number of nitrogens with one attached hydrogen (secondary N) is 1. The maximum atomic E-state index is 13.4. The van der Waals surface area contributed by atoms with E-state index in [-0.39, 0.29) is 17.9 Å². The maximum Gasteiger partial charge on any atom is 0.490 e. The first-order valence-corrected chi connectivity index (χ1v) is 12.0. The zero-order chi connectivity index (χ0) is 27.2. The summed E-state index contributed by atoms with van der Waals surface area (Å²) in [5, 5.41) is 14.8. The van der Waals surface area contributed by atoms with Crippen LogP contribution in [0.25, 0.3) is 0 Å². The van der Waals surface area contributed by atoms with Crippen molar-refractivity contribution in [1.29, 1.82) is 5.41 Å². The lowest BCUT2D eigenvalue weighted by molar-refractivity contribution is -0.192. The van der Waals surface area contributed by atoms with Gasteiger partial charge >= 0.3 is 18.2 Å². The first-order chi connectivity index (χ1) is 17.5. The van der Waals surface area contributed by atoms with E-state index < -0.39 is 12.1 Å². The zero-order valence-corrected chi connectivity index (χ0v) is 20.6. The summed E-state index contributed by atoms with van der Waals surface area (Å²) in [4.78, 5) is 28.7. The molecule has 37 heavy (non-hydrogen) atoms. The summed E-state index contributed by atoms with van der Waals surface area (Å²) in [5.74, 6) is -2.34. The van der Waals surface area contributed by atoms with Gasteiger partial charge in [-0.25, -0.2) is 9.59 Å². The van der Waals surface area contributed by atoms with Gasteiger partial charge < -0.3 is 15.7 Å². The molecule has 0 spiro atoms. The minimum Gasteiger partial charge on any atom is -0.475 e. The second-order valence-electron chi connectivity index (χ2n) is 9.41. The van der Waals surface area contributed by atoms with Gasteiger partial charge in [-0.1, -0.05) is 49.4 Å². The number of urea groups is 1. The highest BCUT2D eigenvalue weighted by Crippen LogP contribution is 2.28. The number of halogens is 3. The normalized spacial score (nSPS) is 19.2. The number of rotatable bonds is 5. The fourth-order valence-electron chi connectivity index (χ4n) is 4.61. The molecule has 0 aromatic heterocycles. The van der Waals surface area contributed by atoms with Crippen LogP contribution in [0.2, 0.25) is 0 Å². The minimum absolute atomic E-state index is 0.0250. The quantitative estimate of drug-likeness (QED) is 0.406. The average molecular weight is 520 g/mol. The van der Waals surface area contributed by atoms with Crippen LogP contribution in [0.5, 0.6) is 0 Å². The van der Waals surface area contributed by atoms with E-state index in [1.54, 1.807) is 0 Å². The van der Waals surface area contributed by atoms with Gasteiger partial charge in [-0.05, 0) is 36.5 Å². The molecule has 2 fully saturated rings. The van der Waals surface area contributed by atoms with Gasteiger partial charge in [-0.3, -0.25) is 15.2 Å². The molecule has 4 N–H and O–H groups in total. The number of hydrogen-bond donors (Lipinski definition) is 3. The molecule has 1 atom stereocenters. The van der Waals surface area contributed by atoms with Crippen molar-refractivity contribution in [2.24, 2.45) is 11.7 Å². The summed E-state index contributed by atoms with van der Waals surface area (Å²) in [5.41, 5.74) is 8.47. The number of carbonyl (C=O) groups is 2. The Morgan fingerprint density at radius 2 is 1.70 bits per heavy atom. The highest BCUT2D eigenvalue weighted by atomic mass is 19.4. The molecule has 2 aromatic carbocycles. The zero-order valence-electron chi connectivity index (χ0n) is 20.6. The predicted octanol–water partition coefficient (Wildman–Crippen LogP) is 4.15. The van der Waals surface area contributed by atoms with Crippen LogP contribution in [-0.4, -0.2) is 71.1 Å². The maximum absolute atomic E-state index is 13.4. The first kappa shape index (κ1) is 28.0. The second-order valence-corrected chi connectivity index (χ2v) is 9.41. The molecular weight excluding hydrogens is 487 g/mol. The number of piperidine rings is 1. The molecule has 200 valence electrons. The molecule has 8 nitrogen and oxygen atoms in total. The Kier molecular flexibility index (Phi) is 9.14. The van der Waals surface area contributed by atoms with Crippen LogP contribution in [0.15, 0.2) is 54.6 Å². The lowest BCUT2D eigenvalue weighted by Crippen LogP contribution is -2.58. The molecular formula is C26H32F3N5O3. The number of amidine groups is 1. The monoisotopic (exact) mass is 519 g/mol. The van der Waals surface area contributed by atoms with E-state index in [1.165, 1.54) is 5.56 Å². The van der Waals surface area contributed by atoms with Crippen molar-refractivity contribution < 1.29 is 27.9 Å². The third-order valence-corrected chi connectivity index (χ3v) is 6.44. The highest BCUT2D eigenvalue weighted by Gasteiger charge is 2.38. The van der Waals surface area contributed by atoms with Crippen molar-refractivity contribution in [2.45, 2.75) is 38.5 Å². The Labute approximate surface area is 214 Å². The Morgan fingerprint density at radius 3 is 2.27 bits per heavy atom. The number of aliphatic carboxylic acids is 1. The molecule has 2 aliphatic rings. The van der Waals surface area contributed by atoms with Gasteiger partial charge in [-0.2, -0.15) is 13.2 Å². The molecule has 2 aliphatic heterocycles. The van der Waals surface area contributed by atoms with Crippen LogP contribution >= 0.6 is 0 Å². The summed E-state index contributed by atoms with van der Waals surface area (Å²) < 4.78 is 31.7. The molecule has 2 heterocycles. The summed E-state index contributed by atoms with van der Waals surface area (Å²) in [6.45, 7) is 6.71. The largest absolute Gasteiger partial charge is 0.490 e. The number of alkyl halides is 3. The van der Waals surface area contributed by atoms with Crippen LogP contribution in [0, 0.1) is 11.3 Å². The summed E-state index contributed by atoms with van der Waals surface area (Å²) >= 11 is 0. The molecule has 0 aliphatic carbocycles. The molecule has 2 amide bonds. The van der Waals surface area contributed by atoms with Gasteiger partial charge in [-0.15, -0.1) is 0 Å². The standard InChI is InChI=1S/C24H31N5O.C2HF3O2/c1-18-15-28(21-10-12-27(13-11-21)17-19-6-3-2-4-7-19)24(30)29(16-18)22-9-5-8-20(14-22)23(25)26;3-2(4,5)1(6)7/h2-9,14,18,21H,10-13,15-17H2,1H3,(H3,25,26);(H,6,7). The fraction of sp³-hybridized carbons (Fsp3) is 0.423. The fourth-order valence-corrected chi connectivity index (χ4v) is 4.61. The van der Waals surface area contributed by atoms with Crippen molar-refractivity contribution in [3.8, 4) is 0 Å². The van der Waals surface area contributed by atoms with Crippen molar-refractivity contribution in [3.63, 3.8) is 0 Å². The number of anilines is 1. The lowest BCUT2D eigenvalue weighted by atomic mass is 9.99. The molecule has 0 radical (unpaired) electrons. The van der Waals surface area contributed by atoms with Crippen molar-refractivity contribution in [2.75, 3.05) is 31.1 Å². The van der Waals surface area contributed by atoms with Gasteiger partial charge in [0.25, 0.3) is 0 Å².